The van der Waals surface area contributed by atoms with Gasteiger partial charge in [-0.15, -0.1) is 0 Å². The van der Waals surface area contributed by atoms with Crippen molar-refractivity contribution < 1.29 is 14.3 Å². The molecule has 6 heteroatoms. The van der Waals surface area contributed by atoms with Crippen molar-refractivity contribution in [1.82, 2.24) is 10.9 Å². The van der Waals surface area contributed by atoms with E-state index in [1.54, 1.807) is 54.6 Å². The fourth-order valence-electron chi connectivity index (χ4n) is 1.94. The summed E-state index contributed by atoms with van der Waals surface area (Å²) in [5.41, 5.74) is 5.94. The van der Waals surface area contributed by atoms with E-state index in [9.17, 15) is 9.59 Å². The van der Waals surface area contributed by atoms with Crippen LogP contribution in [0.15, 0.2) is 54.6 Å². The molecule has 0 fully saturated rings. The summed E-state index contributed by atoms with van der Waals surface area (Å²) >= 11 is 5.80. The van der Waals surface area contributed by atoms with Gasteiger partial charge < -0.3 is 4.74 Å². The number of carbonyl (C=O) groups is 2. The van der Waals surface area contributed by atoms with Crippen molar-refractivity contribution in [2.75, 3.05) is 6.61 Å². The van der Waals surface area contributed by atoms with Crippen molar-refractivity contribution in [2.45, 2.75) is 13.8 Å². The second-order valence-electron chi connectivity index (χ2n) is 6.06. The topological polar surface area (TPSA) is 67.4 Å². The monoisotopic (exact) mass is 372 g/mol. The minimum atomic E-state index is -0.440. The lowest BCUT2D eigenvalue weighted by Gasteiger charge is -2.09. The first-order valence-electron chi connectivity index (χ1n) is 8.21. The number of carbonyl (C=O) groups excluding carboxylic acids is 2. The van der Waals surface area contributed by atoms with Crippen LogP contribution >= 0.6 is 11.6 Å². The Labute approximate surface area is 158 Å². The van der Waals surface area contributed by atoms with Crippen LogP contribution in [-0.2, 0) is 4.79 Å². The lowest BCUT2D eigenvalue weighted by atomic mass is 10.2. The van der Waals surface area contributed by atoms with Crippen molar-refractivity contribution >= 4 is 29.5 Å². The second kappa shape index (κ2) is 9.63. The first-order valence-corrected chi connectivity index (χ1v) is 8.58. The fourth-order valence-corrected chi connectivity index (χ4v) is 2.07. The third kappa shape index (κ3) is 6.61. The number of hydrogen-bond donors (Lipinski definition) is 2. The first kappa shape index (κ1) is 19.5. The van der Waals surface area contributed by atoms with Crippen molar-refractivity contribution in [1.29, 1.82) is 0 Å². The van der Waals surface area contributed by atoms with Crippen LogP contribution in [0.4, 0.5) is 0 Å². The van der Waals surface area contributed by atoms with Gasteiger partial charge >= 0.3 is 0 Å². The van der Waals surface area contributed by atoms with E-state index < -0.39 is 11.8 Å². The highest BCUT2D eigenvalue weighted by Gasteiger charge is 2.06. The standard InChI is InChI=1S/C20H21ClN2O3/c1-14(2)13-26-18-10-6-16(7-11-18)20(25)23-22-19(24)12-5-15-3-8-17(21)9-4-15/h3-12,14H,13H2,1-2H3,(H,22,24)(H,23,25)/b12-5+. The molecular formula is C20H21ClN2O3. The summed E-state index contributed by atoms with van der Waals surface area (Å²) in [4.78, 5) is 23.8. The van der Waals surface area contributed by atoms with Gasteiger partial charge in [-0.1, -0.05) is 37.6 Å². The van der Waals surface area contributed by atoms with Crippen LogP contribution in [0.5, 0.6) is 5.75 Å². The maximum atomic E-state index is 12.0. The molecule has 0 bridgehead atoms. The highest BCUT2D eigenvalue weighted by atomic mass is 35.5. The van der Waals surface area contributed by atoms with Gasteiger partial charge in [-0.25, -0.2) is 0 Å². The van der Waals surface area contributed by atoms with Crippen molar-refractivity contribution in [3.05, 3.63) is 70.8 Å². The second-order valence-corrected chi connectivity index (χ2v) is 6.49. The number of halogens is 1. The Morgan fingerprint density at radius 1 is 1.04 bits per heavy atom. The molecule has 2 aromatic rings. The summed E-state index contributed by atoms with van der Waals surface area (Å²) < 4.78 is 5.56. The van der Waals surface area contributed by atoms with Gasteiger partial charge in [0.2, 0.25) is 0 Å². The average molecular weight is 373 g/mol. The quantitative estimate of drug-likeness (QED) is 0.597. The molecule has 0 atom stereocenters. The lowest BCUT2D eigenvalue weighted by molar-refractivity contribution is -0.117. The molecule has 0 aliphatic heterocycles. The highest BCUT2D eigenvalue weighted by molar-refractivity contribution is 6.30. The van der Waals surface area contributed by atoms with E-state index in [1.807, 2.05) is 0 Å². The minimum absolute atomic E-state index is 0.409. The van der Waals surface area contributed by atoms with Crippen molar-refractivity contribution in [3.8, 4) is 5.75 Å². The van der Waals surface area contributed by atoms with Crippen LogP contribution in [0.1, 0.15) is 29.8 Å². The van der Waals surface area contributed by atoms with Crippen LogP contribution in [0, 0.1) is 5.92 Å². The normalized spacial score (nSPS) is 10.8. The van der Waals surface area contributed by atoms with Gasteiger partial charge in [0, 0.05) is 16.7 Å². The Morgan fingerprint density at radius 2 is 1.69 bits per heavy atom. The van der Waals surface area contributed by atoms with Crippen LogP contribution in [0.3, 0.4) is 0 Å². The Balaban J connectivity index is 1.81. The van der Waals surface area contributed by atoms with E-state index in [1.165, 1.54) is 6.08 Å². The smallest absolute Gasteiger partial charge is 0.269 e. The Kier molecular flexibility index (Phi) is 7.24. The van der Waals surface area contributed by atoms with Gasteiger partial charge in [0.1, 0.15) is 5.75 Å². The summed E-state index contributed by atoms with van der Waals surface area (Å²) in [5.74, 6) is 0.276. The Morgan fingerprint density at radius 3 is 2.31 bits per heavy atom. The van der Waals surface area contributed by atoms with Gasteiger partial charge in [-0.3, -0.25) is 20.4 Å². The van der Waals surface area contributed by atoms with Crippen LogP contribution in [-0.4, -0.2) is 18.4 Å². The molecule has 0 aliphatic carbocycles. The van der Waals surface area contributed by atoms with E-state index in [2.05, 4.69) is 24.7 Å². The molecule has 0 saturated carbocycles. The SMILES string of the molecule is CC(C)COc1ccc(C(=O)NNC(=O)/C=C/c2ccc(Cl)cc2)cc1. The summed E-state index contributed by atoms with van der Waals surface area (Å²) in [5, 5.41) is 0.625. The van der Waals surface area contributed by atoms with Gasteiger partial charge in [-0.05, 0) is 54.0 Å². The maximum Gasteiger partial charge on any atom is 0.269 e. The predicted molar refractivity (Wildman–Crippen MR) is 103 cm³/mol. The molecule has 0 aromatic heterocycles. The molecule has 2 rings (SSSR count). The summed E-state index contributed by atoms with van der Waals surface area (Å²) in [6, 6.07) is 13.8. The third-order valence-corrected chi connectivity index (χ3v) is 3.55. The number of rotatable bonds is 6. The number of benzene rings is 2. The van der Waals surface area contributed by atoms with E-state index in [4.69, 9.17) is 16.3 Å². The molecule has 0 heterocycles. The zero-order chi connectivity index (χ0) is 18.9. The summed E-state index contributed by atoms with van der Waals surface area (Å²) in [6.45, 7) is 4.74. The lowest BCUT2D eigenvalue weighted by Crippen LogP contribution is -2.40. The van der Waals surface area contributed by atoms with Gasteiger partial charge in [0.05, 0.1) is 6.61 Å². The van der Waals surface area contributed by atoms with Crippen molar-refractivity contribution in [2.24, 2.45) is 5.92 Å². The predicted octanol–water partition coefficient (Wildman–Crippen LogP) is 3.85. The molecule has 0 saturated heterocycles. The number of hydrogen-bond acceptors (Lipinski definition) is 3. The molecule has 26 heavy (non-hydrogen) atoms. The zero-order valence-corrected chi connectivity index (χ0v) is 15.4. The average Bonchev–Trinajstić information content (AvgIpc) is 2.64. The van der Waals surface area contributed by atoms with Crippen LogP contribution < -0.4 is 15.6 Å². The first-order chi connectivity index (χ1) is 12.4. The summed E-state index contributed by atoms with van der Waals surface area (Å²) in [6.07, 6.45) is 2.95. The van der Waals surface area contributed by atoms with Crippen LogP contribution in [0.2, 0.25) is 5.02 Å². The van der Waals surface area contributed by atoms with Crippen molar-refractivity contribution in [3.63, 3.8) is 0 Å². The van der Waals surface area contributed by atoms with Crippen LogP contribution in [0.25, 0.3) is 6.08 Å². The molecule has 2 amide bonds. The van der Waals surface area contributed by atoms with Gasteiger partial charge in [0.15, 0.2) is 0 Å². The van der Waals surface area contributed by atoms with E-state index in [0.29, 0.717) is 28.9 Å². The van der Waals surface area contributed by atoms with E-state index in [-0.39, 0.29) is 0 Å². The summed E-state index contributed by atoms with van der Waals surface area (Å²) in [7, 11) is 0. The molecule has 0 spiro atoms. The highest BCUT2D eigenvalue weighted by Crippen LogP contribution is 2.13. The van der Waals surface area contributed by atoms with Gasteiger partial charge in [-0.2, -0.15) is 0 Å². The largest absolute Gasteiger partial charge is 0.493 e. The molecule has 2 N–H and O–H groups in total. The molecule has 0 unspecified atom stereocenters. The zero-order valence-electron chi connectivity index (χ0n) is 14.7. The molecule has 136 valence electrons. The molecule has 5 nitrogen and oxygen atoms in total. The molecule has 2 aromatic carbocycles. The number of amides is 2. The van der Waals surface area contributed by atoms with Gasteiger partial charge in [0.25, 0.3) is 11.8 Å². The number of ether oxygens (including phenoxy) is 1. The Bertz CT molecular complexity index is 769. The fraction of sp³-hybridized carbons (Fsp3) is 0.200. The molecule has 0 radical (unpaired) electrons. The number of nitrogens with one attached hydrogen (secondary N) is 2. The molecular weight excluding hydrogens is 352 g/mol. The minimum Gasteiger partial charge on any atom is -0.493 e. The van der Waals surface area contributed by atoms with E-state index in [0.717, 1.165) is 5.56 Å². The Hall–Kier alpha value is -2.79. The number of hydrazine groups is 1. The van der Waals surface area contributed by atoms with E-state index >= 15 is 0 Å². The molecule has 0 aliphatic rings. The maximum absolute atomic E-state index is 12.0. The third-order valence-electron chi connectivity index (χ3n) is 3.30.